The molecule has 0 radical (unpaired) electrons. The third-order valence-corrected chi connectivity index (χ3v) is 6.74. The van der Waals surface area contributed by atoms with Gasteiger partial charge in [-0.15, -0.1) is 0 Å². The minimum atomic E-state index is -3.39. The zero-order valence-corrected chi connectivity index (χ0v) is 18.9. The predicted octanol–water partition coefficient (Wildman–Crippen LogP) is 4.53. The summed E-state index contributed by atoms with van der Waals surface area (Å²) in [5.74, 6) is -0.396. The van der Waals surface area contributed by atoms with Crippen molar-refractivity contribution >= 4 is 27.7 Å². The first-order valence-corrected chi connectivity index (χ1v) is 12.4. The molecule has 0 fully saturated rings. The quantitative estimate of drug-likeness (QED) is 0.321. The number of carbonyl (C=O) groups excluding carboxylic acids is 1. The second kappa shape index (κ2) is 10.1. The average Bonchev–Trinajstić information content (AvgIpc) is 3.11. The maximum Gasteiger partial charge on any atom is 0.243 e. The number of sulfonamides is 1. The molecule has 0 heterocycles. The molecule has 0 saturated carbocycles. The smallest absolute Gasteiger partial charge is 0.243 e. The van der Waals surface area contributed by atoms with Gasteiger partial charge in [0.05, 0.1) is 11.9 Å². The van der Waals surface area contributed by atoms with Crippen LogP contribution in [0.3, 0.4) is 0 Å². The van der Waals surface area contributed by atoms with Crippen LogP contribution < -0.4 is 9.79 Å². The number of benzene rings is 2. The highest BCUT2D eigenvalue weighted by Crippen LogP contribution is 2.31. The number of fused-ring (bicyclic) bond motifs is 1. The van der Waals surface area contributed by atoms with Gasteiger partial charge in [-0.25, -0.2) is 13.9 Å². The number of rotatable bonds is 10. The van der Waals surface area contributed by atoms with Crippen molar-refractivity contribution in [1.29, 1.82) is 0 Å². The Morgan fingerprint density at radius 3 is 2.39 bits per heavy atom. The SMILES string of the molecule is CC1=Cc2cc(-c3ccc(N(CCCCCCC(=O)NO)S(C)(=O)=O)cc3)ccc2C1. The van der Waals surface area contributed by atoms with Crippen molar-refractivity contribution in [3.63, 3.8) is 0 Å². The lowest BCUT2D eigenvalue weighted by atomic mass is 10.0. The van der Waals surface area contributed by atoms with Crippen molar-refractivity contribution in [2.75, 3.05) is 17.1 Å². The van der Waals surface area contributed by atoms with Crippen LogP contribution in [0.5, 0.6) is 0 Å². The molecule has 2 aromatic rings. The van der Waals surface area contributed by atoms with Gasteiger partial charge in [0.15, 0.2) is 0 Å². The summed E-state index contributed by atoms with van der Waals surface area (Å²) in [4.78, 5) is 11.0. The van der Waals surface area contributed by atoms with E-state index in [1.807, 2.05) is 24.3 Å². The number of unbranched alkanes of at least 4 members (excludes halogenated alkanes) is 3. The van der Waals surface area contributed by atoms with E-state index in [1.54, 1.807) is 5.48 Å². The molecule has 0 spiro atoms. The van der Waals surface area contributed by atoms with Crippen molar-refractivity contribution in [2.45, 2.75) is 45.4 Å². The lowest BCUT2D eigenvalue weighted by Crippen LogP contribution is -2.30. The average molecular weight is 443 g/mol. The summed E-state index contributed by atoms with van der Waals surface area (Å²) in [5, 5.41) is 8.49. The molecule has 3 rings (SSSR count). The molecule has 1 aliphatic carbocycles. The molecule has 0 unspecified atom stereocenters. The minimum Gasteiger partial charge on any atom is -0.289 e. The number of hydrogen-bond acceptors (Lipinski definition) is 4. The van der Waals surface area contributed by atoms with E-state index in [9.17, 15) is 13.2 Å². The molecule has 166 valence electrons. The summed E-state index contributed by atoms with van der Waals surface area (Å²) in [6.07, 6.45) is 7.69. The van der Waals surface area contributed by atoms with Crippen LogP contribution in [0.25, 0.3) is 17.2 Å². The van der Waals surface area contributed by atoms with Gasteiger partial charge in [0.2, 0.25) is 15.9 Å². The third kappa shape index (κ3) is 6.18. The minimum absolute atomic E-state index is 0.270. The van der Waals surface area contributed by atoms with Gasteiger partial charge >= 0.3 is 0 Å². The van der Waals surface area contributed by atoms with E-state index >= 15 is 0 Å². The second-order valence-electron chi connectivity index (χ2n) is 8.16. The Bertz CT molecular complexity index is 1060. The van der Waals surface area contributed by atoms with Crippen molar-refractivity contribution in [3.8, 4) is 11.1 Å². The number of allylic oxidation sites excluding steroid dienone is 1. The largest absolute Gasteiger partial charge is 0.289 e. The van der Waals surface area contributed by atoms with Crippen LogP contribution in [0.15, 0.2) is 48.0 Å². The maximum atomic E-state index is 12.3. The van der Waals surface area contributed by atoms with Crippen molar-refractivity contribution < 1.29 is 18.4 Å². The van der Waals surface area contributed by atoms with Crippen LogP contribution in [0.4, 0.5) is 5.69 Å². The molecule has 0 aliphatic heterocycles. The lowest BCUT2D eigenvalue weighted by Gasteiger charge is -2.22. The Morgan fingerprint density at radius 2 is 1.71 bits per heavy atom. The highest BCUT2D eigenvalue weighted by molar-refractivity contribution is 7.92. The monoisotopic (exact) mass is 442 g/mol. The van der Waals surface area contributed by atoms with Crippen LogP contribution in [0, 0.1) is 0 Å². The van der Waals surface area contributed by atoms with Gasteiger partial charge in [0, 0.05) is 13.0 Å². The van der Waals surface area contributed by atoms with Gasteiger partial charge in [-0.05, 0) is 66.6 Å². The molecule has 0 bridgehead atoms. The molecule has 0 aromatic heterocycles. The fourth-order valence-electron chi connectivity index (χ4n) is 3.94. The van der Waals surface area contributed by atoms with Gasteiger partial charge in [0.25, 0.3) is 0 Å². The van der Waals surface area contributed by atoms with E-state index in [1.165, 1.54) is 27.3 Å². The number of nitrogens with one attached hydrogen (secondary N) is 1. The van der Waals surface area contributed by atoms with E-state index in [2.05, 4.69) is 31.2 Å². The number of carbonyl (C=O) groups is 1. The van der Waals surface area contributed by atoms with Crippen LogP contribution in [-0.4, -0.2) is 32.3 Å². The molecule has 1 aliphatic rings. The summed E-state index contributed by atoms with van der Waals surface area (Å²) >= 11 is 0. The first kappa shape index (κ1) is 23.0. The predicted molar refractivity (Wildman–Crippen MR) is 124 cm³/mol. The molecule has 1 amide bonds. The first-order valence-electron chi connectivity index (χ1n) is 10.6. The van der Waals surface area contributed by atoms with E-state index in [0.29, 0.717) is 25.1 Å². The molecular formula is C24H30N2O4S. The molecule has 6 nitrogen and oxygen atoms in total. The van der Waals surface area contributed by atoms with E-state index < -0.39 is 15.9 Å². The highest BCUT2D eigenvalue weighted by atomic mass is 32.2. The molecule has 7 heteroatoms. The molecule has 2 aromatic carbocycles. The summed E-state index contributed by atoms with van der Waals surface area (Å²) < 4.78 is 26.1. The Balaban J connectivity index is 1.64. The van der Waals surface area contributed by atoms with Crippen LogP contribution in [0.2, 0.25) is 0 Å². The summed E-state index contributed by atoms with van der Waals surface area (Å²) in [6.45, 7) is 2.54. The van der Waals surface area contributed by atoms with Gasteiger partial charge < -0.3 is 0 Å². The first-order chi connectivity index (χ1) is 14.8. The normalized spacial score (nSPS) is 12.9. The van der Waals surface area contributed by atoms with Gasteiger partial charge in [-0.1, -0.05) is 48.8 Å². The van der Waals surface area contributed by atoms with E-state index in [-0.39, 0.29) is 6.42 Å². The molecule has 0 atom stereocenters. The van der Waals surface area contributed by atoms with E-state index in [0.717, 1.165) is 30.4 Å². The molecule has 0 saturated heterocycles. The van der Waals surface area contributed by atoms with E-state index in [4.69, 9.17) is 5.21 Å². The molecular weight excluding hydrogens is 412 g/mol. The third-order valence-electron chi connectivity index (χ3n) is 5.55. The summed E-state index contributed by atoms with van der Waals surface area (Å²) in [7, 11) is -3.39. The molecule has 31 heavy (non-hydrogen) atoms. The lowest BCUT2D eigenvalue weighted by molar-refractivity contribution is -0.129. The fraction of sp³-hybridized carbons (Fsp3) is 0.375. The molecule has 2 N–H and O–H groups in total. The highest BCUT2D eigenvalue weighted by Gasteiger charge is 2.17. The fourth-order valence-corrected chi connectivity index (χ4v) is 4.91. The van der Waals surface area contributed by atoms with Crippen LogP contribution in [-0.2, 0) is 21.2 Å². The number of anilines is 1. The maximum absolute atomic E-state index is 12.3. The Hall–Kier alpha value is -2.64. The number of hydroxylamine groups is 1. The second-order valence-corrected chi connectivity index (χ2v) is 10.1. The Labute approximate surface area is 184 Å². The number of hydrogen-bond donors (Lipinski definition) is 2. The number of amides is 1. The van der Waals surface area contributed by atoms with Crippen LogP contribution >= 0.6 is 0 Å². The van der Waals surface area contributed by atoms with Gasteiger partial charge in [-0.2, -0.15) is 0 Å². The Morgan fingerprint density at radius 1 is 1.03 bits per heavy atom. The summed E-state index contributed by atoms with van der Waals surface area (Å²) in [5.41, 5.74) is 8.41. The van der Waals surface area contributed by atoms with Gasteiger partial charge in [0.1, 0.15) is 0 Å². The van der Waals surface area contributed by atoms with Gasteiger partial charge in [-0.3, -0.25) is 14.3 Å². The standard InChI is InChI=1S/C24H30N2O4S/c1-18-15-20-8-9-21(17-22(20)16-18)19-10-12-23(13-11-19)26(31(2,29)30)14-6-4-3-5-7-24(27)25-28/h8-13,16-17,28H,3-7,14-15H2,1-2H3,(H,25,27). The van der Waals surface area contributed by atoms with Crippen molar-refractivity contribution in [1.82, 2.24) is 5.48 Å². The number of nitrogens with zero attached hydrogens (tertiary/aromatic N) is 1. The van der Waals surface area contributed by atoms with Crippen molar-refractivity contribution in [3.05, 3.63) is 59.2 Å². The van der Waals surface area contributed by atoms with Crippen molar-refractivity contribution in [2.24, 2.45) is 0 Å². The van der Waals surface area contributed by atoms with Crippen LogP contribution in [0.1, 0.15) is 50.2 Å². The topological polar surface area (TPSA) is 86.7 Å². The summed E-state index contributed by atoms with van der Waals surface area (Å²) in [6, 6.07) is 14.1. The zero-order valence-electron chi connectivity index (χ0n) is 18.1. The zero-order chi connectivity index (χ0) is 22.4. The Kier molecular flexibility index (Phi) is 7.51.